The highest BCUT2D eigenvalue weighted by Gasteiger charge is 2.21. The Kier molecular flexibility index (Phi) is 4.71. The lowest BCUT2D eigenvalue weighted by Crippen LogP contribution is -2.07. The van der Waals surface area contributed by atoms with E-state index < -0.39 is 19.0 Å². The van der Waals surface area contributed by atoms with Crippen LogP contribution < -0.4 is 0 Å². The smallest absolute Gasteiger partial charge is 0.244 e. The molecular formula is C8H8Cl3NO3S2. The van der Waals surface area contributed by atoms with Crippen molar-refractivity contribution in [2.75, 3.05) is 5.75 Å². The van der Waals surface area contributed by atoms with Crippen LogP contribution in [0.3, 0.4) is 0 Å². The standard InChI is InChI=1S/C8H8Cl3NO3S2/c1-2-16(13,12-17(11,14)15)8-6(9)4-3-5-7(8)10/h3-5H,2H2,1H3/t16-/m0/s1. The van der Waals surface area contributed by atoms with Crippen molar-refractivity contribution in [3.8, 4) is 0 Å². The molecule has 0 heterocycles. The van der Waals surface area contributed by atoms with Gasteiger partial charge in [-0.3, -0.25) is 0 Å². The quantitative estimate of drug-likeness (QED) is 0.795. The van der Waals surface area contributed by atoms with Crippen LogP contribution in [0.1, 0.15) is 6.92 Å². The Morgan fingerprint density at radius 1 is 1.18 bits per heavy atom. The molecule has 0 spiro atoms. The second-order valence-electron chi connectivity index (χ2n) is 2.97. The first kappa shape index (κ1) is 15.0. The zero-order chi connectivity index (χ0) is 13.3. The van der Waals surface area contributed by atoms with Crippen LogP contribution in [0.4, 0.5) is 0 Å². The maximum atomic E-state index is 12.4. The minimum absolute atomic E-state index is 0.00458. The van der Waals surface area contributed by atoms with Crippen molar-refractivity contribution >= 4 is 52.9 Å². The summed E-state index contributed by atoms with van der Waals surface area (Å²) in [4.78, 5) is -0.00458. The van der Waals surface area contributed by atoms with Crippen molar-refractivity contribution in [2.45, 2.75) is 11.8 Å². The summed E-state index contributed by atoms with van der Waals surface area (Å²) in [5.41, 5.74) is 0. The van der Waals surface area contributed by atoms with Gasteiger partial charge in [0.05, 0.1) is 24.7 Å². The van der Waals surface area contributed by atoms with E-state index in [-0.39, 0.29) is 20.7 Å². The van der Waals surface area contributed by atoms with E-state index in [1.807, 2.05) is 0 Å². The fraction of sp³-hybridized carbons (Fsp3) is 0.250. The monoisotopic (exact) mass is 335 g/mol. The Bertz CT molecular complexity index is 628. The van der Waals surface area contributed by atoms with Crippen molar-refractivity contribution in [1.82, 2.24) is 0 Å². The van der Waals surface area contributed by atoms with Crippen LogP contribution in [-0.2, 0) is 19.0 Å². The molecule has 17 heavy (non-hydrogen) atoms. The van der Waals surface area contributed by atoms with Gasteiger partial charge < -0.3 is 0 Å². The van der Waals surface area contributed by atoms with Gasteiger partial charge in [0.15, 0.2) is 0 Å². The van der Waals surface area contributed by atoms with Gasteiger partial charge in [0.25, 0.3) is 0 Å². The second kappa shape index (κ2) is 5.32. The summed E-state index contributed by atoms with van der Waals surface area (Å²) in [5, 5.41) is 0.182. The average molecular weight is 337 g/mol. The van der Waals surface area contributed by atoms with E-state index in [0.717, 1.165) is 0 Å². The van der Waals surface area contributed by atoms with Gasteiger partial charge in [0, 0.05) is 16.4 Å². The number of nitrogens with zero attached hydrogens (tertiary/aromatic N) is 1. The van der Waals surface area contributed by atoms with Crippen LogP contribution >= 0.6 is 33.9 Å². The van der Waals surface area contributed by atoms with Crippen molar-refractivity contribution in [3.63, 3.8) is 0 Å². The maximum absolute atomic E-state index is 12.4. The maximum Gasteiger partial charge on any atom is 0.347 e. The van der Waals surface area contributed by atoms with Gasteiger partial charge in [-0.2, -0.15) is 8.42 Å². The Morgan fingerprint density at radius 3 is 2.00 bits per heavy atom. The third-order valence-electron chi connectivity index (χ3n) is 1.84. The topological polar surface area (TPSA) is 63.6 Å². The van der Waals surface area contributed by atoms with Gasteiger partial charge in [0.2, 0.25) is 0 Å². The van der Waals surface area contributed by atoms with Gasteiger partial charge in [-0.05, 0) is 12.1 Å². The molecule has 0 saturated heterocycles. The van der Waals surface area contributed by atoms with E-state index in [4.69, 9.17) is 33.9 Å². The molecule has 0 fully saturated rings. The average Bonchev–Trinajstić information content (AvgIpc) is 2.14. The molecular weight excluding hydrogens is 329 g/mol. The lowest BCUT2D eigenvalue weighted by Gasteiger charge is -2.10. The molecule has 0 saturated carbocycles. The summed E-state index contributed by atoms with van der Waals surface area (Å²) in [6.07, 6.45) is 0. The molecule has 1 aromatic carbocycles. The number of benzene rings is 1. The molecule has 0 bridgehead atoms. The molecule has 0 unspecified atom stereocenters. The Balaban J connectivity index is 3.71. The summed E-state index contributed by atoms with van der Waals surface area (Å²) >= 11 is 11.7. The second-order valence-corrected chi connectivity index (χ2v) is 8.64. The van der Waals surface area contributed by atoms with E-state index in [1.54, 1.807) is 6.07 Å². The van der Waals surface area contributed by atoms with Crippen LogP contribution in [0.2, 0.25) is 10.0 Å². The van der Waals surface area contributed by atoms with Crippen molar-refractivity contribution in [2.24, 2.45) is 3.77 Å². The van der Waals surface area contributed by atoms with Crippen LogP contribution in [0, 0.1) is 0 Å². The van der Waals surface area contributed by atoms with E-state index in [9.17, 15) is 12.6 Å². The van der Waals surface area contributed by atoms with Gasteiger partial charge in [-0.1, -0.05) is 40.0 Å². The normalized spacial score (nSPS) is 15.3. The lowest BCUT2D eigenvalue weighted by molar-refractivity contribution is 0.611. The molecule has 1 rings (SSSR count). The Hall–Kier alpha value is -0.0100. The van der Waals surface area contributed by atoms with E-state index in [1.165, 1.54) is 19.1 Å². The van der Waals surface area contributed by atoms with E-state index in [2.05, 4.69) is 3.77 Å². The van der Waals surface area contributed by atoms with Crippen molar-refractivity contribution in [1.29, 1.82) is 0 Å². The molecule has 0 aromatic heterocycles. The zero-order valence-corrected chi connectivity index (χ0v) is 12.5. The molecule has 0 amide bonds. The summed E-state index contributed by atoms with van der Waals surface area (Å²) < 4.78 is 37.4. The molecule has 1 aromatic rings. The predicted molar refractivity (Wildman–Crippen MR) is 70.6 cm³/mol. The molecule has 0 aliphatic carbocycles. The first-order chi connectivity index (χ1) is 7.69. The third kappa shape index (κ3) is 3.72. The van der Waals surface area contributed by atoms with Crippen LogP contribution in [0.15, 0.2) is 26.9 Å². The predicted octanol–water partition coefficient (Wildman–Crippen LogP) is 3.32. The fourth-order valence-corrected chi connectivity index (χ4v) is 6.01. The summed E-state index contributed by atoms with van der Waals surface area (Å²) in [6, 6.07) is 4.46. The van der Waals surface area contributed by atoms with Crippen LogP contribution in [-0.4, -0.2) is 18.4 Å². The number of hydrogen-bond acceptors (Lipinski definition) is 3. The lowest BCUT2D eigenvalue weighted by atomic mass is 10.4. The summed E-state index contributed by atoms with van der Waals surface area (Å²) in [7, 11) is -2.56. The van der Waals surface area contributed by atoms with Crippen LogP contribution in [0.5, 0.6) is 0 Å². The van der Waals surface area contributed by atoms with Crippen LogP contribution in [0.25, 0.3) is 0 Å². The summed E-state index contributed by atoms with van der Waals surface area (Å²) in [6.45, 7) is 1.51. The molecule has 96 valence electrons. The molecule has 0 aliphatic heterocycles. The van der Waals surface area contributed by atoms with Gasteiger partial charge in [0.1, 0.15) is 0 Å². The Morgan fingerprint density at radius 2 is 1.65 bits per heavy atom. The highest BCUT2D eigenvalue weighted by atomic mass is 35.7. The van der Waals surface area contributed by atoms with Gasteiger partial charge in [-0.25, -0.2) is 4.21 Å². The van der Waals surface area contributed by atoms with Crippen molar-refractivity contribution in [3.05, 3.63) is 28.2 Å². The van der Waals surface area contributed by atoms with Crippen molar-refractivity contribution < 1.29 is 12.6 Å². The molecule has 9 heteroatoms. The zero-order valence-electron chi connectivity index (χ0n) is 8.56. The minimum Gasteiger partial charge on any atom is -0.244 e. The number of hydrogen-bond donors (Lipinski definition) is 0. The van der Waals surface area contributed by atoms with E-state index in [0.29, 0.717) is 0 Å². The molecule has 0 aliphatic rings. The number of rotatable bonds is 3. The highest BCUT2D eigenvalue weighted by Crippen LogP contribution is 2.32. The molecule has 0 radical (unpaired) electrons. The largest absolute Gasteiger partial charge is 0.347 e. The fourth-order valence-electron chi connectivity index (χ4n) is 1.17. The van der Waals surface area contributed by atoms with Gasteiger partial charge in [-0.15, -0.1) is 0 Å². The summed E-state index contributed by atoms with van der Waals surface area (Å²) in [5.74, 6) is -0.0671. The SMILES string of the molecule is CC[S@@](=O)(=NS(=O)(=O)Cl)c1c(Cl)cccc1Cl. The molecule has 0 N–H and O–H groups in total. The molecule has 4 nitrogen and oxygen atoms in total. The minimum atomic E-state index is -4.27. The third-order valence-corrected chi connectivity index (χ3v) is 6.74. The number of halogens is 3. The Labute approximate surface area is 115 Å². The van der Waals surface area contributed by atoms with Gasteiger partial charge >= 0.3 is 9.24 Å². The van der Waals surface area contributed by atoms with E-state index >= 15 is 0 Å². The molecule has 1 atom stereocenters. The first-order valence-electron chi connectivity index (χ1n) is 4.34. The first-order valence-corrected chi connectivity index (χ1v) is 9.05. The highest BCUT2D eigenvalue weighted by molar-refractivity contribution is 8.17.